The van der Waals surface area contributed by atoms with Gasteiger partial charge in [-0.1, -0.05) is 6.92 Å². The lowest BCUT2D eigenvalue weighted by Gasteiger charge is -2.43. The molecule has 2 atom stereocenters. The van der Waals surface area contributed by atoms with Crippen molar-refractivity contribution in [3.8, 4) is 0 Å². The lowest BCUT2D eigenvalue weighted by molar-refractivity contribution is 0.0331. The Hall–Kier alpha value is -1.67. The molecule has 0 radical (unpaired) electrons. The first kappa shape index (κ1) is 18.1. The van der Waals surface area contributed by atoms with E-state index in [0.29, 0.717) is 13.1 Å². The number of sulfone groups is 1. The number of aryl methyl sites for hydroxylation is 2. The molecule has 0 saturated carbocycles. The molecule has 1 N–H and O–H groups in total. The van der Waals surface area contributed by atoms with Crippen LogP contribution in [0, 0.1) is 13.8 Å². The summed E-state index contributed by atoms with van der Waals surface area (Å²) in [4.78, 5) is 31.7. The van der Waals surface area contributed by atoms with Crippen LogP contribution >= 0.6 is 0 Å². The number of hydrogen-bond donors (Lipinski definition) is 1. The Morgan fingerprint density at radius 3 is 2.60 bits per heavy atom. The van der Waals surface area contributed by atoms with Crippen LogP contribution in [-0.2, 0) is 9.84 Å². The molecule has 1 aromatic heterocycles. The monoisotopic (exact) mass is 367 g/mol. The van der Waals surface area contributed by atoms with Crippen LogP contribution in [-0.4, -0.2) is 72.3 Å². The average molecular weight is 367 g/mol. The standard InChI is InChI=1S/C17H25N3O4S/c1-4-5-19-6-7-20(15-10-25(23,24)9-14(15)19)17(22)13-8-11(2)12(3)18-16(13)21/h8,14-15H,4-7,9-10H2,1-3H3,(H,18,21)/t14-,15+/m0/s1. The van der Waals surface area contributed by atoms with Crippen LogP contribution in [0.4, 0.5) is 0 Å². The Morgan fingerprint density at radius 2 is 1.92 bits per heavy atom. The Labute approximate surface area is 147 Å². The molecule has 0 spiro atoms. The van der Waals surface area contributed by atoms with Crippen LogP contribution in [0.25, 0.3) is 0 Å². The van der Waals surface area contributed by atoms with Gasteiger partial charge in [-0.2, -0.15) is 0 Å². The molecule has 2 aliphatic heterocycles. The summed E-state index contributed by atoms with van der Waals surface area (Å²) in [5, 5.41) is 0. The number of rotatable bonds is 3. The highest BCUT2D eigenvalue weighted by molar-refractivity contribution is 7.91. The molecule has 25 heavy (non-hydrogen) atoms. The summed E-state index contributed by atoms with van der Waals surface area (Å²) in [6.45, 7) is 7.59. The molecular formula is C17H25N3O4S. The van der Waals surface area contributed by atoms with E-state index in [-0.39, 0.29) is 35.1 Å². The fourth-order valence-corrected chi connectivity index (χ4v) is 5.89. The number of H-pyrrole nitrogens is 1. The first-order valence-corrected chi connectivity index (χ1v) is 10.5. The molecule has 2 aliphatic rings. The van der Waals surface area contributed by atoms with Gasteiger partial charge in [0, 0.05) is 24.8 Å². The Kier molecular flexibility index (Phi) is 4.76. The Morgan fingerprint density at radius 1 is 1.24 bits per heavy atom. The van der Waals surface area contributed by atoms with Crippen molar-refractivity contribution in [1.29, 1.82) is 0 Å². The molecule has 7 nitrogen and oxygen atoms in total. The van der Waals surface area contributed by atoms with Crippen LogP contribution in [0.3, 0.4) is 0 Å². The lowest BCUT2D eigenvalue weighted by atomic mass is 10.0. The maximum absolute atomic E-state index is 13.0. The van der Waals surface area contributed by atoms with Crippen molar-refractivity contribution < 1.29 is 13.2 Å². The third-order valence-corrected chi connectivity index (χ3v) is 6.99. The van der Waals surface area contributed by atoms with Gasteiger partial charge in [0.1, 0.15) is 5.56 Å². The largest absolute Gasteiger partial charge is 0.332 e. The zero-order valence-corrected chi connectivity index (χ0v) is 15.7. The molecule has 3 rings (SSSR count). The predicted molar refractivity (Wildman–Crippen MR) is 95.7 cm³/mol. The summed E-state index contributed by atoms with van der Waals surface area (Å²) in [5.41, 5.74) is 1.25. The van der Waals surface area contributed by atoms with Crippen molar-refractivity contribution >= 4 is 15.7 Å². The normalized spacial score (nSPS) is 25.8. The maximum atomic E-state index is 13.0. The zero-order valence-electron chi connectivity index (χ0n) is 14.9. The van der Waals surface area contributed by atoms with E-state index >= 15 is 0 Å². The molecule has 2 fully saturated rings. The second kappa shape index (κ2) is 6.57. The summed E-state index contributed by atoms with van der Waals surface area (Å²) >= 11 is 0. The van der Waals surface area contributed by atoms with Gasteiger partial charge in [-0.25, -0.2) is 8.42 Å². The quantitative estimate of drug-likeness (QED) is 0.831. The fraction of sp³-hybridized carbons (Fsp3) is 0.647. The second-order valence-electron chi connectivity index (χ2n) is 7.07. The highest BCUT2D eigenvalue weighted by Crippen LogP contribution is 2.28. The van der Waals surface area contributed by atoms with Gasteiger partial charge in [0.2, 0.25) is 0 Å². The van der Waals surface area contributed by atoms with Gasteiger partial charge in [-0.15, -0.1) is 0 Å². The number of nitrogens with zero attached hydrogens (tertiary/aromatic N) is 2. The van der Waals surface area contributed by atoms with Gasteiger partial charge in [-0.05, 0) is 38.4 Å². The SMILES string of the molecule is CCCN1CCN(C(=O)c2cc(C)c(C)[nH]c2=O)[C@@H]2CS(=O)(=O)C[C@@H]21. The van der Waals surface area contributed by atoms with E-state index in [1.165, 1.54) is 0 Å². The minimum Gasteiger partial charge on any atom is -0.332 e. The number of aromatic nitrogens is 1. The molecule has 0 aliphatic carbocycles. The van der Waals surface area contributed by atoms with Crippen molar-refractivity contribution in [1.82, 2.24) is 14.8 Å². The summed E-state index contributed by atoms with van der Waals surface area (Å²) in [5.74, 6) is -0.301. The molecule has 1 amide bonds. The van der Waals surface area contributed by atoms with Crippen molar-refractivity contribution in [3.05, 3.63) is 33.2 Å². The number of carbonyl (C=O) groups is 1. The average Bonchev–Trinajstić information content (AvgIpc) is 2.86. The number of amides is 1. The van der Waals surface area contributed by atoms with Gasteiger partial charge in [0.15, 0.2) is 9.84 Å². The van der Waals surface area contributed by atoms with Gasteiger partial charge < -0.3 is 9.88 Å². The van der Waals surface area contributed by atoms with Gasteiger partial charge in [0.25, 0.3) is 11.5 Å². The molecule has 3 heterocycles. The summed E-state index contributed by atoms with van der Waals surface area (Å²) in [6.07, 6.45) is 0.939. The van der Waals surface area contributed by atoms with Crippen LogP contribution in [0.2, 0.25) is 0 Å². The van der Waals surface area contributed by atoms with E-state index in [4.69, 9.17) is 0 Å². The number of hydrogen-bond acceptors (Lipinski definition) is 5. The maximum Gasteiger partial charge on any atom is 0.261 e. The zero-order chi connectivity index (χ0) is 18.4. The van der Waals surface area contributed by atoms with Crippen molar-refractivity contribution in [3.63, 3.8) is 0 Å². The second-order valence-corrected chi connectivity index (χ2v) is 9.22. The lowest BCUT2D eigenvalue weighted by Crippen LogP contribution is -2.61. The topological polar surface area (TPSA) is 90.6 Å². The first-order valence-electron chi connectivity index (χ1n) is 8.69. The van der Waals surface area contributed by atoms with Crippen LogP contribution < -0.4 is 5.56 Å². The van der Waals surface area contributed by atoms with E-state index in [9.17, 15) is 18.0 Å². The van der Waals surface area contributed by atoms with Gasteiger partial charge in [-0.3, -0.25) is 14.5 Å². The first-order chi connectivity index (χ1) is 11.7. The molecule has 0 bridgehead atoms. The molecule has 138 valence electrons. The van der Waals surface area contributed by atoms with E-state index < -0.39 is 15.4 Å². The van der Waals surface area contributed by atoms with Crippen molar-refractivity contribution in [2.24, 2.45) is 0 Å². The Bertz CT molecular complexity index is 846. The van der Waals surface area contributed by atoms with Crippen LogP contribution in [0.15, 0.2) is 10.9 Å². The minimum absolute atomic E-state index is 0.0215. The van der Waals surface area contributed by atoms with E-state index in [0.717, 1.165) is 24.2 Å². The molecule has 0 aromatic carbocycles. The number of fused-ring (bicyclic) bond motifs is 1. The number of pyridine rings is 1. The summed E-state index contributed by atoms with van der Waals surface area (Å²) in [6, 6.07) is 1.06. The smallest absolute Gasteiger partial charge is 0.261 e. The van der Waals surface area contributed by atoms with Crippen molar-refractivity contribution in [2.75, 3.05) is 31.1 Å². The molecule has 8 heteroatoms. The third kappa shape index (κ3) is 3.37. The number of piperazine rings is 1. The van der Waals surface area contributed by atoms with Crippen molar-refractivity contribution in [2.45, 2.75) is 39.3 Å². The van der Waals surface area contributed by atoms with Gasteiger partial charge >= 0.3 is 0 Å². The van der Waals surface area contributed by atoms with Crippen LogP contribution in [0.5, 0.6) is 0 Å². The van der Waals surface area contributed by atoms with E-state index in [1.54, 1.807) is 17.9 Å². The Balaban J connectivity index is 1.94. The highest BCUT2D eigenvalue weighted by Gasteiger charge is 2.48. The number of carbonyl (C=O) groups excluding carboxylic acids is 1. The molecular weight excluding hydrogens is 342 g/mol. The molecule has 1 aromatic rings. The third-order valence-electron chi connectivity index (χ3n) is 5.29. The molecule has 2 saturated heterocycles. The van der Waals surface area contributed by atoms with Gasteiger partial charge in [0.05, 0.1) is 17.5 Å². The summed E-state index contributed by atoms with van der Waals surface area (Å²) in [7, 11) is -3.18. The molecule has 0 unspecified atom stereocenters. The van der Waals surface area contributed by atoms with E-state index in [2.05, 4.69) is 16.8 Å². The highest BCUT2D eigenvalue weighted by atomic mass is 32.2. The summed E-state index contributed by atoms with van der Waals surface area (Å²) < 4.78 is 24.4. The van der Waals surface area contributed by atoms with E-state index in [1.807, 2.05) is 6.92 Å². The fourth-order valence-electron chi connectivity index (χ4n) is 3.88. The number of nitrogens with one attached hydrogen (secondary N) is 1. The number of aromatic amines is 1. The predicted octanol–water partition coefficient (Wildman–Crippen LogP) is 0.325. The minimum atomic E-state index is -3.18. The van der Waals surface area contributed by atoms with Crippen LogP contribution in [0.1, 0.15) is 35.0 Å².